The van der Waals surface area contributed by atoms with Gasteiger partial charge in [0, 0.05) is 21.9 Å². The van der Waals surface area contributed by atoms with Crippen molar-refractivity contribution in [2.45, 2.75) is 37.5 Å². The molecule has 0 aromatic carbocycles. The van der Waals surface area contributed by atoms with Crippen molar-refractivity contribution in [2.75, 3.05) is 5.75 Å². The molecule has 2 heterocycles. The van der Waals surface area contributed by atoms with Crippen LogP contribution in [-0.4, -0.2) is 5.75 Å². The average molecular weight is 266 g/mol. The van der Waals surface area contributed by atoms with Gasteiger partial charge in [0.1, 0.15) is 0 Å². The largest absolute Gasteiger partial charge is 0.271 e. The van der Waals surface area contributed by atoms with Gasteiger partial charge in [-0.25, -0.2) is 0 Å². The number of terminal acetylenes is 1. The van der Waals surface area contributed by atoms with E-state index in [1.165, 1.54) is 22.6 Å². The van der Waals surface area contributed by atoms with Gasteiger partial charge in [-0.05, 0) is 36.6 Å². The highest BCUT2D eigenvalue weighted by molar-refractivity contribution is 7.98. The third-order valence-corrected chi connectivity index (χ3v) is 5.36. The Bertz CT molecular complexity index is 383. The second-order valence-electron chi connectivity index (χ2n) is 4.22. The first-order valence-electron chi connectivity index (χ1n) is 5.94. The third kappa shape index (κ3) is 3.26. The van der Waals surface area contributed by atoms with Gasteiger partial charge in [-0.1, -0.05) is 0 Å². The number of unbranched alkanes of at least 4 members (excludes halogenated alkanes) is 1. The normalized spacial score (nSPS) is 16.2. The van der Waals surface area contributed by atoms with E-state index in [4.69, 9.17) is 12.3 Å². The summed E-state index contributed by atoms with van der Waals surface area (Å²) in [5, 5.41) is 0. The third-order valence-electron chi connectivity index (χ3n) is 3.01. The first-order valence-corrected chi connectivity index (χ1v) is 7.91. The molecule has 0 saturated carbocycles. The van der Waals surface area contributed by atoms with Crippen LogP contribution in [0, 0.1) is 12.3 Å². The van der Waals surface area contributed by atoms with Gasteiger partial charge in [0.15, 0.2) is 0 Å². The van der Waals surface area contributed by atoms with Crippen molar-refractivity contribution >= 4 is 23.1 Å². The Morgan fingerprint density at radius 2 is 2.47 bits per heavy atom. The van der Waals surface area contributed by atoms with Crippen molar-refractivity contribution in [3.63, 3.8) is 0 Å². The van der Waals surface area contributed by atoms with Gasteiger partial charge in [-0.15, -0.1) is 23.7 Å². The Morgan fingerprint density at radius 3 is 3.18 bits per heavy atom. The number of hydrazine groups is 1. The molecule has 0 spiro atoms. The van der Waals surface area contributed by atoms with E-state index in [0.29, 0.717) is 0 Å². The fourth-order valence-corrected chi connectivity index (χ4v) is 4.53. The van der Waals surface area contributed by atoms with Crippen molar-refractivity contribution in [3.05, 3.63) is 21.4 Å². The van der Waals surface area contributed by atoms with Crippen molar-refractivity contribution in [3.8, 4) is 12.3 Å². The van der Waals surface area contributed by atoms with Crippen LogP contribution in [0.1, 0.15) is 40.6 Å². The molecule has 0 bridgehead atoms. The molecule has 1 aliphatic rings. The van der Waals surface area contributed by atoms with Crippen LogP contribution in [0.2, 0.25) is 0 Å². The van der Waals surface area contributed by atoms with E-state index in [9.17, 15) is 0 Å². The average Bonchev–Trinajstić information content (AvgIpc) is 2.78. The number of fused-ring (bicyclic) bond motifs is 1. The predicted molar refractivity (Wildman–Crippen MR) is 76.9 cm³/mol. The Kier molecular flexibility index (Phi) is 4.93. The Hall–Kier alpha value is -0.470. The summed E-state index contributed by atoms with van der Waals surface area (Å²) in [6.45, 7) is 0. The van der Waals surface area contributed by atoms with Crippen LogP contribution in [-0.2, 0) is 12.2 Å². The molecule has 1 aromatic rings. The lowest BCUT2D eigenvalue weighted by Crippen LogP contribution is -2.27. The van der Waals surface area contributed by atoms with Crippen LogP contribution in [0.5, 0.6) is 0 Å². The number of hydrogen-bond acceptors (Lipinski definition) is 4. The maximum absolute atomic E-state index is 5.64. The van der Waals surface area contributed by atoms with E-state index < -0.39 is 0 Å². The summed E-state index contributed by atoms with van der Waals surface area (Å²) in [4.78, 5) is 2.92. The topological polar surface area (TPSA) is 38.0 Å². The summed E-state index contributed by atoms with van der Waals surface area (Å²) in [5.41, 5.74) is 4.43. The number of thioether (sulfide) groups is 1. The Morgan fingerprint density at radius 1 is 1.59 bits per heavy atom. The van der Waals surface area contributed by atoms with E-state index in [0.717, 1.165) is 25.0 Å². The smallest absolute Gasteiger partial charge is 0.0553 e. The standard InChI is InChI=1S/C13H18N2S2/c1-2-3-4-5-11(15-14)13-8-10-9-16-7-6-12(10)17-13/h1,8,11,15H,3-7,9,14H2. The molecule has 0 radical (unpaired) electrons. The molecule has 1 aliphatic heterocycles. The monoisotopic (exact) mass is 266 g/mol. The molecule has 1 unspecified atom stereocenters. The zero-order valence-electron chi connectivity index (χ0n) is 9.87. The van der Waals surface area contributed by atoms with E-state index >= 15 is 0 Å². The minimum Gasteiger partial charge on any atom is -0.271 e. The predicted octanol–water partition coefficient (Wildman–Crippen LogP) is 2.85. The van der Waals surface area contributed by atoms with Gasteiger partial charge in [-0.3, -0.25) is 11.3 Å². The second kappa shape index (κ2) is 6.46. The maximum Gasteiger partial charge on any atom is 0.0553 e. The van der Waals surface area contributed by atoms with Gasteiger partial charge in [0.25, 0.3) is 0 Å². The molecule has 3 N–H and O–H groups in total. The quantitative estimate of drug-likeness (QED) is 0.372. The molecule has 0 fully saturated rings. The van der Waals surface area contributed by atoms with Crippen molar-refractivity contribution in [1.82, 2.24) is 5.43 Å². The number of hydrogen-bond donors (Lipinski definition) is 2. The van der Waals surface area contributed by atoms with E-state index in [1.54, 1.807) is 4.88 Å². The van der Waals surface area contributed by atoms with Crippen LogP contribution in [0.3, 0.4) is 0 Å². The number of nitrogens with one attached hydrogen (secondary N) is 1. The number of thiophene rings is 1. The van der Waals surface area contributed by atoms with Crippen LogP contribution in [0.15, 0.2) is 6.07 Å². The minimum atomic E-state index is 0.268. The molecule has 92 valence electrons. The zero-order chi connectivity index (χ0) is 12.1. The first kappa shape index (κ1) is 13.0. The highest BCUT2D eigenvalue weighted by atomic mass is 32.2. The molecule has 0 saturated heterocycles. The van der Waals surface area contributed by atoms with Gasteiger partial charge in [-0.2, -0.15) is 11.8 Å². The summed E-state index contributed by atoms with van der Waals surface area (Å²) in [7, 11) is 0. The lowest BCUT2D eigenvalue weighted by atomic mass is 10.1. The molecule has 2 nitrogen and oxygen atoms in total. The van der Waals surface area contributed by atoms with Crippen LogP contribution in [0.25, 0.3) is 0 Å². The highest BCUT2D eigenvalue weighted by Crippen LogP contribution is 2.35. The van der Waals surface area contributed by atoms with E-state index in [1.807, 2.05) is 23.1 Å². The fraction of sp³-hybridized carbons (Fsp3) is 0.538. The number of rotatable bonds is 5. The summed E-state index contributed by atoms with van der Waals surface area (Å²) in [6.07, 6.45) is 9.37. The van der Waals surface area contributed by atoms with Gasteiger partial charge >= 0.3 is 0 Å². The molecule has 2 rings (SSSR count). The molecule has 17 heavy (non-hydrogen) atoms. The van der Waals surface area contributed by atoms with Crippen molar-refractivity contribution < 1.29 is 0 Å². The molecule has 0 aliphatic carbocycles. The Labute approximate surface area is 111 Å². The molecule has 0 amide bonds. The van der Waals surface area contributed by atoms with Gasteiger partial charge in [0.05, 0.1) is 6.04 Å². The summed E-state index contributed by atoms with van der Waals surface area (Å²) >= 11 is 3.94. The zero-order valence-corrected chi connectivity index (χ0v) is 11.5. The molecule has 4 heteroatoms. The summed E-state index contributed by atoms with van der Waals surface area (Å²) < 4.78 is 0. The van der Waals surface area contributed by atoms with Crippen molar-refractivity contribution in [2.24, 2.45) is 5.84 Å². The van der Waals surface area contributed by atoms with Crippen LogP contribution >= 0.6 is 23.1 Å². The van der Waals surface area contributed by atoms with Gasteiger partial charge in [0.2, 0.25) is 0 Å². The summed E-state index contributed by atoms with van der Waals surface area (Å²) in [5.74, 6) is 10.7. The highest BCUT2D eigenvalue weighted by Gasteiger charge is 2.18. The molecular weight excluding hydrogens is 248 g/mol. The van der Waals surface area contributed by atoms with Crippen LogP contribution < -0.4 is 11.3 Å². The second-order valence-corrected chi connectivity index (χ2v) is 6.49. The SMILES string of the molecule is C#CCCCC(NN)c1cc2c(s1)CCSC2. The van der Waals surface area contributed by atoms with Gasteiger partial charge < -0.3 is 0 Å². The molecular formula is C13H18N2S2. The van der Waals surface area contributed by atoms with E-state index in [-0.39, 0.29) is 6.04 Å². The summed E-state index contributed by atoms with van der Waals surface area (Å²) in [6, 6.07) is 2.59. The van der Waals surface area contributed by atoms with E-state index in [2.05, 4.69) is 17.4 Å². The van der Waals surface area contributed by atoms with Crippen molar-refractivity contribution in [1.29, 1.82) is 0 Å². The minimum absolute atomic E-state index is 0.268. The fourth-order valence-electron chi connectivity index (χ4n) is 2.06. The molecule has 1 aromatic heterocycles. The lowest BCUT2D eigenvalue weighted by Gasteiger charge is -2.12. The Balaban J connectivity index is 2.03. The first-order chi connectivity index (χ1) is 8.35. The molecule has 1 atom stereocenters. The number of aryl methyl sites for hydroxylation is 1. The maximum atomic E-state index is 5.64. The lowest BCUT2D eigenvalue weighted by molar-refractivity contribution is 0.509. The van der Waals surface area contributed by atoms with Crippen LogP contribution in [0.4, 0.5) is 0 Å². The number of nitrogens with two attached hydrogens (primary N) is 1.